The zero-order chi connectivity index (χ0) is 24.5. The number of rotatable bonds is 7. The summed E-state index contributed by atoms with van der Waals surface area (Å²) in [6, 6.07) is 13.3. The van der Waals surface area contributed by atoms with Crippen LogP contribution in [-0.4, -0.2) is 46.1 Å². The standard InChI is InChI=1S/C27H29IN2O4/c1-3-13-29-24-12-11-21(28)15-23(24)27(34,26(29)33)18(2)7-6-10-25(32)30-16-20-9-5-4-8-19(20)14-22(30)17-31/h3-9,11-12,15,18,22,31,34H,1,10,13-14,16-17H2,2H3/b7-6+/t18-,22-,27+/m0/s1. The lowest BCUT2D eigenvalue weighted by Gasteiger charge is -2.36. The number of anilines is 1. The fourth-order valence-corrected chi connectivity index (χ4v) is 5.39. The maximum Gasteiger partial charge on any atom is 0.264 e. The molecule has 0 spiro atoms. The molecule has 2 N–H and O–H groups in total. The van der Waals surface area contributed by atoms with Crippen LogP contribution in [-0.2, 0) is 28.2 Å². The summed E-state index contributed by atoms with van der Waals surface area (Å²) in [5.41, 5.74) is 1.80. The summed E-state index contributed by atoms with van der Waals surface area (Å²) in [5, 5.41) is 21.4. The quantitative estimate of drug-likeness (QED) is 0.393. The van der Waals surface area contributed by atoms with Gasteiger partial charge >= 0.3 is 0 Å². The average Bonchev–Trinajstić information content (AvgIpc) is 3.05. The Labute approximate surface area is 213 Å². The van der Waals surface area contributed by atoms with Crippen LogP contribution < -0.4 is 4.90 Å². The lowest BCUT2D eigenvalue weighted by molar-refractivity contribution is -0.139. The second-order valence-electron chi connectivity index (χ2n) is 8.88. The fourth-order valence-electron chi connectivity index (χ4n) is 4.90. The first-order chi connectivity index (χ1) is 16.3. The van der Waals surface area contributed by atoms with E-state index in [-0.39, 0.29) is 30.9 Å². The van der Waals surface area contributed by atoms with Crippen molar-refractivity contribution in [2.75, 3.05) is 18.1 Å². The van der Waals surface area contributed by atoms with Crippen LogP contribution in [0.2, 0.25) is 0 Å². The van der Waals surface area contributed by atoms with Gasteiger partial charge in [-0.25, -0.2) is 0 Å². The Kier molecular flexibility index (Phi) is 7.25. The number of benzene rings is 2. The van der Waals surface area contributed by atoms with Crippen LogP contribution in [0.15, 0.2) is 67.3 Å². The summed E-state index contributed by atoms with van der Waals surface area (Å²) in [5.74, 6) is -1.03. The molecule has 3 atom stereocenters. The van der Waals surface area contributed by atoms with E-state index >= 15 is 0 Å². The van der Waals surface area contributed by atoms with Gasteiger partial charge in [0.15, 0.2) is 5.60 Å². The van der Waals surface area contributed by atoms with Crippen LogP contribution in [0.1, 0.15) is 30.0 Å². The molecule has 2 aliphatic heterocycles. The molecule has 0 aliphatic carbocycles. The number of carbonyl (C=O) groups is 2. The van der Waals surface area contributed by atoms with Gasteiger partial charge in [0.05, 0.1) is 18.3 Å². The molecule has 0 bridgehead atoms. The molecule has 2 amide bonds. The van der Waals surface area contributed by atoms with Crippen LogP contribution >= 0.6 is 22.6 Å². The Morgan fingerprint density at radius 1 is 1.29 bits per heavy atom. The van der Waals surface area contributed by atoms with Crippen molar-refractivity contribution in [3.05, 3.63) is 87.5 Å². The minimum atomic E-state index is -1.71. The van der Waals surface area contributed by atoms with E-state index in [2.05, 4.69) is 29.2 Å². The minimum absolute atomic E-state index is 0.0926. The van der Waals surface area contributed by atoms with Crippen LogP contribution in [0, 0.1) is 9.49 Å². The smallest absolute Gasteiger partial charge is 0.264 e. The summed E-state index contributed by atoms with van der Waals surface area (Å²) in [6.07, 6.45) is 5.85. The van der Waals surface area contributed by atoms with Gasteiger partial charge in [0.2, 0.25) is 5.91 Å². The van der Waals surface area contributed by atoms with Crippen molar-refractivity contribution < 1.29 is 19.8 Å². The van der Waals surface area contributed by atoms with Crippen molar-refractivity contribution in [2.45, 2.75) is 38.0 Å². The van der Waals surface area contributed by atoms with Crippen LogP contribution in [0.4, 0.5) is 5.69 Å². The third-order valence-electron chi connectivity index (χ3n) is 6.81. The first-order valence-corrected chi connectivity index (χ1v) is 12.5. The highest BCUT2D eigenvalue weighted by Crippen LogP contribution is 2.45. The van der Waals surface area contributed by atoms with Gasteiger partial charge in [-0.15, -0.1) is 6.58 Å². The van der Waals surface area contributed by atoms with E-state index in [1.807, 2.05) is 42.5 Å². The number of fused-ring (bicyclic) bond motifs is 2. The highest BCUT2D eigenvalue weighted by molar-refractivity contribution is 14.1. The molecule has 0 saturated carbocycles. The number of amides is 2. The summed E-state index contributed by atoms with van der Waals surface area (Å²) in [4.78, 5) is 29.5. The van der Waals surface area contributed by atoms with E-state index in [0.717, 1.165) is 14.7 Å². The van der Waals surface area contributed by atoms with E-state index < -0.39 is 11.5 Å². The molecule has 0 radical (unpaired) electrons. The van der Waals surface area contributed by atoms with E-state index in [9.17, 15) is 19.8 Å². The monoisotopic (exact) mass is 572 g/mol. The molecule has 0 unspecified atom stereocenters. The Bertz CT molecular complexity index is 1150. The maximum atomic E-state index is 13.3. The van der Waals surface area contributed by atoms with Crippen molar-refractivity contribution in [1.82, 2.24) is 4.90 Å². The Balaban J connectivity index is 1.51. The van der Waals surface area contributed by atoms with Crippen LogP contribution in [0.5, 0.6) is 0 Å². The van der Waals surface area contributed by atoms with Gasteiger partial charge in [0.25, 0.3) is 5.91 Å². The third-order valence-corrected chi connectivity index (χ3v) is 7.48. The van der Waals surface area contributed by atoms with E-state index in [1.54, 1.807) is 35.0 Å². The zero-order valence-electron chi connectivity index (χ0n) is 19.2. The molecule has 0 saturated heterocycles. The summed E-state index contributed by atoms with van der Waals surface area (Å²) < 4.78 is 0.926. The number of aliphatic hydroxyl groups excluding tert-OH is 1. The molecule has 178 valence electrons. The van der Waals surface area contributed by atoms with Crippen molar-refractivity contribution in [3.8, 4) is 0 Å². The van der Waals surface area contributed by atoms with E-state index in [1.165, 1.54) is 0 Å². The maximum absolute atomic E-state index is 13.3. The second-order valence-corrected chi connectivity index (χ2v) is 10.1. The molecule has 4 rings (SSSR count). The molecule has 2 aliphatic rings. The van der Waals surface area contributed by atoms with Crippen molar-refractivity contribution in [3.63, 3.8) is 0 Å². The number of hydrogen-bond donors (Lipinski definition) is 2. The average molecular weight is 572 g/mol. The highest BCUT2D eigenvalue weighted by atomic mass is 127. The molecule has 0 aromatic heterocycles. The van der Waals surface area contributed by atoms with E-state index in [4.69, 9.17) is 0 Å². The number of carbonyl (C=O) groups excluding carboxylic acids is 2. The lowest BCUT2D eigenvalue weighted by Crippen LogP contribution is -2.46. The summed E-state index contributed by atoms with van der Waals surface area (Å²) in [7, 11) is 0. The molecule has 2 aromatic carbocycles. The first-order valence-electron chi connectivity index (χ1n) is 11.4. The molecule has 2 heterocycles. The van der Waals surface area contributed by atoms with Gasteiger partial charge in [-0.05, 0) is 58.3 Å². The topological polar surface area (TPSA) is 81.1 Å². The lowest BCUT2D eigenvalue weighted by atomic mass is 9.83. The van der Waals surface area contributed by atoms with Gasteiger partial charge in [0.1, 0.15) is 0 Å². The van der Waals surface area contributed by atoms with E-state index in [0.29, 0.717) is 30.8 Å². The summed E-state index contributed by atoms with van der Waals surface area (Å²) in [6.45, 7) is 6.20. The molecule has 2 aromatic rings. The van der Waals surface area contributed by atoms with Gasteiger partial charge in [-0.3, -0.25) is 9.59 Å². The minimum Gasteiger partial charge on any atom is -0.394 e. The van der Waals surface area contributed by atoms with Crippen molar-refractivity contribution in [2.24, 2.45) is 5.92 Å². The first kappa shape index (κ1) is 24.6. The van der Waals surface area contributed by atoms with Crippen molar-refractivity contribution >= 4 is 40.1 Å². The summed E-state index contributed by atoms with van der Waals surface area (Å²) >= 11 is 2.17. The van der Waals surface area contributed by atoms with Crippen molar-refractivity contribution in [1.29, 1.82) is 0 Å². The Hall–Kier alpha value is -2.49. The Morgan fingerprint density at radius 3 is 2.74 bits per heavy atom. The molecular formula is C27H29IN2O4. The molecule has 0 fully saturated rings. The van der Waals surface area contributed by atoms with Gasteiger partial charge in [0, 0.05) is 34.6 Å². The highest BCUT2D eigenvalue weighted by Gasteiger charge is 2.52. The predicted molar refractivity (Wildman–Crippen MR) is 140 cm³/mol. The second kappa shape index (κ2) is 10.0. The third kappa shape index (κ3) is 4.32. The zero-order valence-corrected chi connectivity index (χ0v) is 21.3. The largest absolute Gasteiger partial charge is 0.394 e. The van der Waals surface area contributed by atoms with Gasteiger partial charge in [-0.2, -0.15) is 0 Å². The molecular weight excluding hydrogens is 543 g/mol. The molecule has 7 heteroatoms. The molecule has 34 heavy (non-hydrogen) atoms. The SMILES string of the molecule is C=CCN1C(=O)[C@@](O)([C@@H](C)/C=C/CC(=O)N2Cc3ccccc3C[C@H]2CO)c2cc(I)ccc21. The number of hydrogen-bond acceptors (Lipinski definition) is 4. The predicted octanol–water partition coefficient (Wildman–Crippen LogP) is 3.54. The Morgan fingerprint density at radius 2 is 2.03 bits per heavy atom. The van der Waals surface area contributed by atoms with Gasteiger partial charge < -0.3 is 20.0 Å². The number of nitrogens with zero attached hydrogens (tertiary/aromatic N) is 2. The number of aliphatic hydroxyl groups is 2. The van der Waals surface area contributed by atoms with Crippen LogP contribution in [0.3, 0.4) is 0 Å². The number of halogens is 1. The normalized spacial score (nSPS) is 22.6. The fraction of sp³-hybridized carbons (Fsp3) is 0.333. The van der Waals surface area contributed by atoms with Gasteiger partial charge in [-0.1, -0.05) is 49.4 Å². The molecule has 6 nitrogen and oxygen atoms in total. The van der Waals surface area contributed by atoms with Crippen LogP contribution in [0.25, 0.3) is 0 Å².